The second-order valence-corrected chi connectivity index (χ2v) is 20.4. The summed E-state index contributed by atoms with van der Waals surface area (Å²) >= 11 is 1.94. The van der Waals surface area contributed by atoms with E-state index < -0.39 is 8.07 Å². The predicted octanol–water partition coefficient (Wildman–Crippen LogP) is 9.81. The van der Waals surface area contributed by atoms with Crippen molar-refractivity contribution in [1.82, 2.24) is 4.57 Å². The Morgan fingerprint density at radius 2 is 1.00 bits per heavy atom. The highest BCUT2D eigenvalue weighted by molar-refractivity contribution is 8.28. The molecule has 12 rings (SSSR count). The van der Waals surface area contributed by atoms with Crippen LogP contribution in [-0.2, 0) is 0 Å². The van der Waals surface area contributed by atoms with Gasteiger partial charge in [0, 0.05) is 15.7 Å². The summed E-state index contributed by atoms with van der Waals surface area (Å²) in [7, 11) is -2.87. The smallest absolute Gasteiger partial charge is 0.289 e. The lowest BCUT2D eigenvalue weighted by atomic mass is 9.57. The van der Waals surface area contributed by atoms with E-state index in [-0.39, 0.29) is 5.99 Å². The number of hydrogen-bond acceptors (Lipinski definition) is 2. The molecular formula is C54H36BNOSSi. The van der Waals surface area contributed by atoms with Crippen molar-refractivity contribution in [2.24, 2.45) is 0 Å². The standard InChI is InChI=1S/C54H36BNOSSi/c1-4-19-38(20-5-1)59(39-21-6-2-7-22-39,40-23-8-3-9-24-40)52-34-17-13-25-41(52)37-35-45-44-28-12-16-33-51(44)58-55-46-29-18-32-49(54(46)57-50(36-37)53(45)55)56-47-30-14-10-26-42(47)43-27-11-15-31-48(43)56/h1-36H. The summed E-state index contributed by atoms with van der Waals surface area (Å²) in [5.74, 6) is 1.91. The number of hydrogen-bond donors (Lipinski definition) is 0. The SMILES string of the molecule is c1ccc([Si](c2ccccc2)(c2ccccc2)c2ccccc2-c2cc3c4c(c2)-c2ccccc2SB4c2cccc(-n4c5ccccc5c5ccccc54)c2O3)cc1. The molecule has 10 aromatic rings. The topological polar surface area (TPSA) is 14.2 Å². The molecule has 0 amide bonds. The van der Waals surface area contributed by atoms with Crippen molar-refractivity contribution >= 4 is 79.2 Å². The molecule has 0 atom stereocenters. The Hall–Kier alpha value is -6.79. The molecule has 59 heavy (non-hydrogen) atoms. The first-order valence-corrected chi connectivity index (χ1v) is 23.2. The molecule has 0 saturated heterocycles. The maximum atomic E-state index is 7.41. The molecule has 0 bridgehead atoms. The molecule has 0 unspecified atom stereocenters. The molecule has 0 saturated carbocycles. The Kier molecular flexibility index (Phi) is 7.94. The van der Waals surface area contributed by atoms with E-state index >= 15 is 0 Å². The van der Waals surface area contributed by atoms with Gasteiger partial charge >= 0.3 is 0 Å². The lowest BCUT2D eigenvalue weighted by Crippen LogP contribution is -2.75. The van der Waals surface area contributed by atoms with Gasteiger partial charge < -0.3 is 9.30 Å². The van der Waals surface area contributed by atoms with Crippen molar-refractivity contribution < 1.29 is 4.74 Å². The summed E-state index contributed by atoms with van der Waals surface area (Å²) in [6.07, 6.45) is 0. The van der Waals surface area contributed by atoms with Crippen LogP contribution in [0.5, 0.6) is 11.5 Å². The van der Waals surface area contributed by atoms with Crippen LogP contribution in [-0.4, -0.2) is 18.6 Å². The molecule has 0 spiro atoms. The van der Waals surface area contributed by atoms with E-state index in [0.717, 1.165) is 22.7 Å². The average Bonchev–Trinajstić information content (AvgIpc) is 3.64. The molecule has 0 fully saturated rings. The third kappa shape index (κ3) is 5.15. The normalized spacial score (nSPS) is 12.8. The molecule has 0 N–H and O–H groups in total. The second-order valence-electron chi connectivity index (χ2n) is 15.5. The summed E-state index contributed by atoms with van der Waals surface area (Å²) in [6.45, 7) is 0. The summed E-state index contributed by atoms with van der Waals surface area (Å²) in [5.41, 5.74) is 10.7. The van der Waals surface area contributed by atoms with Crippen LogP contribution < -0.4 is 36.4 Å². The van der Waals surface area contributed by atoms with Gasteiger partial charge in [-0.05, 0) is 90.3 Å². The Balaban J connectivity index is 1.13. The van der Waals surface area contributed by atoms with Crippen molar-refractivity contribution in [2.75, 3.05) is 0 Å². The maximum Gasteiger partial charge on any atom is 0.289 e. The number of aromatic nitrogens is 1. The zero-order chi connectivity index (χ0) is 38.9. The van der Waals surface area contributed by atoms with Crippen LogP contribution in [0.2, 0.25) is 0 Å². The Morgan fingerprint density at radius 1 is 0.458 bits per heavy atom. The monoisotopic (exact) mass is 785 g/mol. The zero-order valence-corrected chi connectivity index (χ0v) is 33.9. The third-order valence-electron chi connectivity index (χ3n) is 12.4. The van der Waals surface area contributed by atoms with Gasteiger partial charge in [-0.15, -0.1) is 0 Å². The Bertz CT molecular complexity index is 3090. The van der Waals surface area contributed by atoms with E-state index in [1.807, 2.05) is 11.6 Å². The molecule has 1 aromatic heterocycles. The average molecular weight is 786 g/mol. The predicted molar refractivity (Wildman–Crippen MR) is 253 cm³/mol. The Morgan fingerprint density at radius 3 is 1.64 bits per heavy atom. The molecule has 2 aliphatic rings. The number of ether oxygens (including phenoxy) is 1. The molecule has 2 aliphatic heterocycles. The fraction of sp³-hybridized carbons (Fsp3) is 0. The van der Waals surface area contributed by atoms with E-state index in [4.69, 9.17) is 4.74 Å². The lowest BCUT2D eigenvalue weighted by molar-refractivity contribution is 0.486. The number of nitrogens with zero attached hydrogens (tertiary/aromatic N) is 1. The minimum absolute atomic E-state index is 0.0717. The van der Waals surface area contributed by atoms with Crippen LogP contribution >= 0.6 is 11.6 Å². The van der Waals surface area contributed by atoms with E-state index in [2.05, 4.69) is 223 Å². The van der Waals surface area contributed by atoms with Crippen LogP contribution in [0.15, 0.2) is 223 Å². The summed E-state index contributed by atoms with van der Waals surface area (Å²) in [4.78, 5) is 1.29. The number of rotatable bonds is 6. The summed E-state index contributed by atoms with van der Waals surface area (Å²) in [6, 6.07) is 80.6. The van der Waals surface area contributed by atoms with Gasteiger partial charge in [0.2, 0.25) is 0 Å². The van der Waals surface area contributed by atoms with Crippen molar-refractivity contribution in [1.29, 1.82) is 0 Å². The van der Waals surface area contributed by atoms with E-state index in [9.17, 15) is 0 Å². The van der Waals surface area contributed by atoms with Crippen molar-refractivity contribution in [3.8, 4) is 39.4 Å². The number of para-hydroxylation sites is 3. The first-order valence-electron chi connectivity index (χ1n) is 20.3. The highest BCUT2D eigenvalue weighted by Crippen LogP contribution is 2.46. The second kappa shape index (κ2) is 13.7. The lowest BCUT2D eigenvalue weighted by Gasteiger charge is -2.37. The van der Waals surface area contributed by atoms with Crippen molar-refractivity contribution in [2.45, 2.75) is 4.90 Å². The van der Waals surface area contributed by atoms with Crippen LogP contribution in [0.3, 0.4) is 0 Å². The summed E-state index contributed by atoms with van der Waals surface area (Å²) in [5, 5.41) is 7.89. The highest BCUT2D eigenvalue weighted by atomic mass is 32.2. The van der Waals surface area contributed by atoms with Crippen LogP contribution in [0.25, 0.3) is 49.7 Å². The highest BCUT2D eigenvalue weighted by Gasteiger charge is 2.44. The van der Waals surface area contributed by atoms with Gasteiger partial charge in [0.05, 0.1) is 16.7 Å². The van der Waals surface area contributed by atoms with Crippen molar-refractivity contribution in [3.63, 3.8) is 0 Å². The minimum Gasteiger partial charge on any atom is -0.456 e. The van der Waals surface area contributed by atoms with E-state index in [1.165, 1.54) is 75.1 Å². The van der Waals surface area contributed by atoms with E-state index in [1.54, 1.807) is 0 Å². The van der Waals surface area contributed by atoms with Crippen LogP contribution in [0.1, 0.15) is 0 Å². The Labute approximate surface area is 349 Å². The van der Waals surface area contributed by atoms with E-state index in [0.29, 0.717) is 0 Å². The largest absolute Gasteiger partial charge is 0.456 e. The van der Waals surface area contributed by atoms with Crippen LogP contribution in [0, 0.1) is 0 Å². The van der Waals surface area contributed by atoms with Gasteiger partial charge in [0.25, 0.3) is 5.99 Å². The summed E-state index contributed by atoms with van der Waals surface area (Å²) < 4.78 is 9.81. The fourth-order valence-corrected chi connectivity index (χ4v) is 16.4. The van der Waals surface area contributed by atoms with Gasteiger partial charge in [0.1, 0.15) is 11.5 Å². The third-order valence-corrected chi connectivity index (χ3v) is 18.6. The molecule has 0 radical (unpaired) electrons. The molecule has 2 nitrogen and oxygen atoms in total. The molecule has 5 heteroatoms. The first-order chi connectivity index (χ1) is 29.3. The minimum atomic E-state index is -2.87. The number of benzene rings is 9. The quantitative estimate of drug-likeness (QED) is 0.123. The molecule has 3 heterocycles. The van der Waals surface area contributed by atoms with Gasteiger partial charge in [-0.2, -0.15) is 11.6 Å². The van der Waals surface area contributed by atoms with Crippen molar-refractivity contribution in [3.05, 3.63) is 218 Å². The molecule has 0 aliphatic carbocycles. The van der Waals surface area contributed by atoms with Crippen LogP contribution in [0.4, 0.5) is 0 Å². The molecule has 9 aromatic carbocycles. The van der Waals surface area contributed by atoms with Gasteiger partial charge in [0.15, 0.2) is 8.07 Å². The first kappa shape index (κ1) is 34.3. The molecule has 276 valence electrons. The maximum absolute atomic E-state index is 7.41. The zero-order valence-electron chi connectivity index (χ0n) is 32.1. The van der Waals surface area contributed by atoms with Gasteiger partial charge in [-0.1, -0.05) is 182 Å². The molecular weight excluding hydrogens is 750 g/mol. The number of fused-ring (bicyclic) bond motifs is 7. The van der Waals surface area contributed by atoms with Gasteiger partial charge in [-0.25, -0.2) is 0 Å². The fourth-order valence-electron chi connectivity index (χ4n) is 9.98. The van der Waals surface area contributed by atoms with Gasteiger partial charge in [-0.3, -0.25) is 0 Å².